The maximum absolute atomic E-state index is 12.5. The predicted molar refractivity (Wildman–Crippen MR) is 140 cm³/mol. The van der Waals surface area contributed by atoms with Crippen LogP contribution in [0.4, 0.5) is 11.4 Å². The van der Waals surface area contributed by atoms with Crippen molar-refractivity contribution >= 4 is 69.2 Å². The predicted octanol–water partition coefficient (Wildman–Crippen LogP) is 6.75. The van der Waals surface area contributed by atoms with Crippen molar-refractivity contribution in [1.29, 1.82) is 0 Å². The zero-order chi connectivity index (χ0) is 23.7. The van der Waals surface area contributed by atoms with Crippen LogP contribution in [0.25, 0.3) is 22.4 Å². The summed E-state index contributed by atoms with van der Waals surface area (Å²) in [7, 11) is 0. The van der Waals surface area contributed by atoms with Crippen molar-refractivity contribution in [3.05, 3.63) is 87.3 Å². The van der Waals surface area contributed by atoms with Gasteiger partial charge in [-0.1, -0.05) is 29.3 Å². The van der Waals surface area contributed by atoms with E-state index in [-0.39, 0.29) is 11.8 Å². The van der Waals surface area contributed by atoms with Crippen molar-refractivity contribution in [2.45, 2.75) is 6.42 Å². The number of thioether (sulfide) groups is 1. The zero-order valence-corrected chi connectivity index (χ0v) is 20.0. The summed E-state index contributed by atoms with van der Waals surface area (Å²) in [4.78, 5) is 33.5. The number of benzene rings is 3. The Morgan fingerprint density at radius 2 is 1.59 bits per heavy atom. The highest BCUT2D eigenvalue weighted by atomic mass is 35.5. The second-order valence-electron chi connectivity index (χ2n) is 7.67. The summed E-state index contributed by atoms with van der Waals surface area (Å²) >= 11 is 13.5. The summed E-state index contributed by atoms with van der Waals surface area (Å²) in [5.41, 5.74) is 4.18. The number of fused-ring (bicyclic) bond motifs is 1. The van der Waals surface area contributed by atoms with Gasteiger partial charge in [0.2, 0.25) is 0 Å². The van der Waals surface area contributed by atoms with E-state index in [0.717, 1.165) is 33.7 Å². The molecule has 2 heterocycles. The minimum absolute atomic E-state index is 0.0840. The Morgan fingerprint density at radius 3 is 2.29 bits per heavy atom. The van der Waals surface area contributed by atoms with Crippen LogP contribution in [-0.2, 0) is 4.79 Å². The molecule has 1 aromatic heterocycles. The van der Waals surface area contributed by atoms with Crippen LogP contribution < -0.4 is 10.6 Å². The number of allylic oxidation sites excluding steroid dienone is 1. The summed E-state index contributed by atoms with van der Waals surface area (Å²) in [6.07, 6.45) is 2.89. The van der Waals surface area contributed by atoms with Gasteiger partial charge >= 0.3 is 0 Å². The van der Waals surface area contributed by atoms with Crippen LogP contribution in [0.15, 0.2) is 71.6 Å². The molecular weight excluding hydrogens is 491 g/mol. The molecule has 0 radical (unpaired) electrons. The van der Waals surface area contributed by atoms with Crippen LogP contribution in [0, 0.1) is 0 Å². The van der Waals surface area contributed by atoms with E-state index in [1.165, 1.54) is 0 Å². The molecule has 2 amide bonds. The molecule has 0 fully saturated rings. The van der Waals surface area contributed by atoms with E-state index in [1.807, 2.05) is 36.4 Å². The highest BCUT2D eigenvalue weighted by Crippen LogP contribution is 2.28. The van der Waals surface area contributed by atoms with Crippen molar-refractivity contribution in [2.75, 3.05) is 16.4 Å². The van der Waals surface area contributed by atoms with Gasteiger partial charge in [0.15, 0.2) is 0 Å². The number of aromatic amines is 1. The number of aromatic nitrogens is 2. The van der Waals surface area contributed by atoms with E-state index in [1.54, 1.807) is 42.1 Å². The monoisotopic (exact) mass is 508 g/mol. The number of amides is 2. The third-order valence-corrected chi connectivity index (χ3v) is 6.75. The quantitative estimate of drug-likeness (QED) is 0.278. The van der Waals surface area contributed by atoms with Gasteiger partial charge in [0.25, 0.3) is 11.8 Å². The van der Waals surface area contributed by atoms with Crippen LogP contribution in [0.3, 0.4) is 0 Å². The molecule has 170 valence electrons. The van der Waals surface area contributed by atoms with Gasteiger partial charge in [-0.2, -0.15) is 0 Å². The number of anilines is 2. The van der Waals surface area contributed by atoms with E-state index in [4.69, 9.17) is 23.2 Å². The Kier molecular flexibility index (Phi) is 6.32. The molecule has 1 aliphatic heterocycles. The van der Waals surface area contributed by atoms with Gasteiger partial charge < -0.3 is 15.6 Å². The molecule has 5 rings (SSSR count). The van der Waals surface area contributed by atoms with Crippen LogP contribution in [0.5, 0.6) is 0 Å². The minimum Gasteiger partial charge on any atom is -0.338 e. The lowest BCUT2D eigenvalue weighted by Crippen LogP contribution is -2.11. The molecule has 3 aromatic carbocycles. The number of halogens is 2. The maximum atomic E-state index is 12.5. The Hall–Kier alpha value is -3.26. The largest absolute Gasteiger partial charge is 0.338 e. The number of nitrogens with one attached hydrogen (secondary N) is 3. The van der Waals surface area contributed by atoms with Crippen molar-refractivity contribution in [3.8, 4) is 11.4 Å². The number of hydrogen-bond acceptors (Lipinski definition) is 4. The second kappa shape index (κ2) is 9.54. The summed E-state index contributed by atoms with van der Waals surface area (Å²) < 4.78 is 0. The molecule has 4 aromatic rings. The molecule has 6 nitrogen and oxygen atoms in total. The number of nitrogens with zero attached hydrogens (tertiary/aromatic N) is 1. The summed E-state index contributed by atoms with van der Waals surface area (Å²) in [6, 6.07) is 17.6. The first kappa shape index (κ1) is 22.5. The van der Waals surface area contributed by atoms with Crippen molar-refractivity contribution in [3.63, 3.8) is 0 Å². The smallest absolute Gasteiger partial charge is 0.261 e. The van der Waals surface area contributed by atoms with Crippen LogP contribution >= 0.6 is 35.0 Å². The normalized spacial score (nSPS) is 13.1. The maximum Gasteiger partial charge on any atom is 0.261 e. The molecule has 34 heavy (non-hydrogen) atoms. The van der Waals surface area contributed by atoms with Crippen LogP contribution in [-0.4, -0.2) is 27.5 Å². The van der Waals surface area contributed by atoms with Gasteiger partial charge in [-0.15, -0.1) is 11.8 Å². The van der Waals surface area contributed by atoms with Crippen molar-refractivity contribution in [1.82, 2.24) is 9.97 Å². The summed E-state index contributed by atoms with van der Waals surface area (Å²) in [6.45, 7) is 0. The van der Waals surface area contributed by atoms with Gasteiger partial charge in [-0.25, -0.2) is 4.98 Å². The van der Waals surface area contributed by atoms with Crippen LogP contribution in [0.2, 0.25) is 10.0 Å². The lowest BCUT2D eigenvalue weighted by atomic mass is 10.1. The lowest BCUT2D eigenvalue weighted by Gasteiger charge is -2.07. The summed E-state index contributed by atoms with van der Waals surface area (Å²) in [5.74, 6) is 1.25. The van der Waals surface area contributed by atoms with Gasteiger partial charge in [0.05, 0.1) is 15.9 Å². The van der Waals surface area contributed by atoms with E-state index < -0.39 is 0 Å². The molecule has 9 heteroatoms. The van der Waals surface area contributed by atoms with Gasteiger partial charge in [0, 0.05) is 38.3 Å². The number of carbonyl (C=O) groups excluding carboxylic acids is 2. The topological polar surface area (TPSA) is 86.9 Å². The van der Waals surface area contributed by atoms with Crippen molar-refractivity contribution in [2.24, 2.45) is 0 Å². The average Bonchev–Trinajstić information content (AvgIpc) is 3.49. The number of rotatable bonds is 5. The Balaban J connectivity index is 1.30. The molecule has 0 unspecified atom stereocenters. The molecule has 1 aliphatic rings. The number of imidazole rings is 1. The van der Waals surface area contributed by atoms with E-state index in [0.29, 0.717) is 32.8 Å². The minimum atomic E-state index is -0.303. The Morgan fingerprint density at radius 1 is 0.882 bits per heavy atom. The number of H-pyrrole nitrogens is 1. The summed E-state index contributed by atoms with van der Waals surface area (Å²) in [5, 5.41) is 6.57. The highest BCUT2D eigenvalue weighted by Gasteiger charge is 2.15. The van der Waals surface area contributed by atoms with E-state index in [9.17, 15) is 9.59 Å². The van der Waals surface area contributed by atoms with Gasteiger partial charge in [-0.05, 0) is 67.1 Å². The average molecular weight is 509 g/mol. The molecular formula is C25H18Cl2N4O2S. The Bertz CT molecular complexity index is 1430. The SMILES string of the molecule is O=C(Nc1ccc2nc(-c3ccc(NC(=O)c4cc(Cl)cc(Cl)c4)cc3)[nH]c2c1)C1=CCCS1. The third-order valence-electron chi connectivity index (χ3n) is 5.21. The fourth-order valence-electron chi connectivity index (χ4n) is 3.59. The fourth-order valence-corrected chi connectivity index (χ4v) is 4.99. The van der Waals surface area contributed by atoms with Gasteiger partial charge in [0.1, 0.15) is 5.82 Å². The molecule has 0 bridgehead atoms. The second-order valence-corrected chi connectivity index (χ2v) is 9.68. The molecule has 0 aliphatic carbocycles. The highest BCUT2D eigenvalue weighted by molar-refractivity contribution is 8.04. The zero-order valence-electron chi connectivity index (χ0n) is 17.7. The first-order valence-electron chi connectivity index (χ1n) is 10.5. The molecule has 0 saturated carbocycles. The molecule has 3 N–H and O–H groups in total. The van der Waals surface area contributed by atoms with E-state index >= 15 is 0 Å². The third kappa shape index (κ3) is 4.97. The molecule has 0 atom stereocenters. The Labute approximate surface area is 209 Å². The van der Waals surface area contributed by atoms with Crippen molar-refractivity contribution < 1.29 is 9.59 Å². The van der Waals surface area contributed by atoms with Crippen LogP contribution in [0.1, 0.15) is 16.8 Å². The first-order valence-corrected chi connectivity index (χ1v) is 12.2. The first-order chi connectivity index (χ1) is 16.4. The fraction of sp³-hybridized carbons (Fsp3) is 0.0800. The number of hydrogen-bond donors (Lipinski definition) is 3. The lowest BCUT2D eigenvalue weighted by molar-refractivity contribution is -0.112. The van der Waals surface area contributed by atoms with Gasteiger partial charge in [-0.3, -0.25) is 9.59 Å². The van der Waals surface area contributed by atoms with E-state index in [2.05, 4.69) is 20.6 Å². The standard InChI is InChI=1S/C25H18Cl2N4O2S/c26-16-10-15(11-17(27)12-16)24(32)28-18-5-3-14(4-6-18)23-30-20-8-7-19(13-21(20)31-23)29-25(33)22-2-1-9-34-22/h2-8,10-13H,1,9H2,(H,28,32)(H,29,33)(H,30,31). The molecule has 0 spiro atoms. The number of carbonyl (C=O) groups is 2. The molecule has 0 saturated heterocycles.